The van der Waals surface area contributed by atoms with E-state index in [0.29, 0.717) is 94.5 Å². The number of nitrogens with one attached hydrogen (secondary N) is 2. The Morgan fingerprint density at radius 1 is 0.546 bits per heavy atom. The molecule has 0 unspecified atom stereocenters. The average Bonchev–Trinajstić information content (AvgIpc) is 1.60. The van der Waals surface area contributed by atoms with Gasteiger partial charge in [0.25, 0.3) is 0 Å². The number of halogens is 4. The van der Waals surface area contributed by atoms with Gasteiger partial charge in [0.2, 0.25) is 0 Å². The molecule has 108 heavy (non-hydrogen) atoms. The number of aryl methyl sites for hydroxylation is 2. The van der Waals surface area contributed by atoms with Crippen LogP contribution in [0.1, 0.15) is 154 Å². The molecule has 0 spiro atoms. The molecule has 4 N–H and O–H groups in total. The quantitative estimate of drug-likeness (QED) is 0.0941. The number of hydrogen-bond acceptors (Lipinski definition) is 16. The minimum atomic E-state index is -0.552. The lowest BCUT2D eigenvalue weighted by atomic mass is 9.93. The van der Waals surface area contributed by atoms with Crippen LogP contribution in [-0.4, -0.2) is 205 Å². The number of nitriles is 1. The van der Waals surface area contributed by atoms with Crippen molar-refractivity contribution < 1.29 is 34.1 Å². The van der Waals surface area contributed by atoms with E-state index in [1.807, 2.05) is 139 Å². The zero-order valence-electron chi connectivity index (χ0n) is 63.6. The Hall–Kier alpha value is -7.92. The number of pyridine rings is 2. The van der Waals surface area contributed by atoms with Crippen LogP contribution in [0.25, 0.3) is 23.3 Å². The molecule has 4 amide bonds. The molecule has 9 heterocycles. The fraction of sp³-hybridized carbons (Fsp3) is 0.488. The predicted octanol–water partition coefficient (Wildman–Crippen LogP) is 13.9. The third kappa shape index (κ3) is 22.2. The van der Waals surface area contributed by atoms with E-state index in [1.54, 1.807) is 21.9 Å². The normalized spacial score (nSPS) is 18.5. The number of rotatable bonds is 11. The number of aliphatic hydroxyl groups is 2. The lowest BCUT2D eigenvalue weighted by Gasteiger charge is -2.42. The maximum absolute atomic E-state index is 14.5. The first-order valence-corrected chi connectivity index (χ1v) is 38.3. The van der Waals surface area contributed by atoms with E-state index in [-0.39, 0.29) is 67.6 Å². The second-order valence-corrected chi connectivity index (χ2v) is 31.4. The molecular weight excluding hydrogens is 1450 g/mol. The van der Waals surface area contributed by atoms with Gasteiger partial charge in [-0.1, -0.05) is 47.5 Å². The largest absolute Gasteiger partial charge is 0.444 e. The molecule has 26 heteroatoms. The summed E-state index contributed by atoms with van der Waals surface area (Å²) in [6.07, 6.45) is 21.0. The van der Waals surface area contributed by atoms with Crippen LogP contribution in [0.4, 0.5) is 20.1 Å². The number of benzene rings is 3. The summed E-state index contributed by atoms with van der Waals surface area (Å²) in [6, 6.07) is 30.1. The molecule has 580 valence electrons. The summed E-state index contributed by atoms with van der Waals surface area (Å²) in [4.78, 5) is 69.8. The third-order valence-electron chi connectivity index (χ3n) is 20.7. The Labute approximate surface area is 659 Å². The predicted molar refractivity (Wildman–Crippen MR) is 432 cm³/mol. The Morgan fingerprint density at radius 3 is 1.40 bits per heavy atom. The van der Waals surface area contributed by atoms with Crippen LogP contribution in [0.3, 0.4) is 0 Å². The fourth-order valence-corrected chi connectivity index (χ4v) is 15.2. The van der Waals surface area contributed by atoms with Crippen LogP contribution in [-0.2, 0) is 22.6 Å². The van der Waals surface area contributed by atoms with Gasteiger partial charge in [-0.05, 0) is 242 Å². The van der Waals surface area contributed by atoms with E-state index in [1.165, 1.54) is 22.3 Å². The van der Waals surface area contributed by atoms with E-state index in [2.05, 4.69) is 94.2 Å². The molecule has 4 aromatic heterocycles. The van der Waals surface area contributed by atoms with Crippen molar-refractivity contribution >= 4 is 95.2 Å². The SMILES string of the molecule is CC(C)(C)OC(=O)N1CCC(CO)CC1.Cc1nccn1CC1=Cc2cccnc2[C@H](N2CCN(C(=O)N(CC3CCN(C(=O)OC(C)(C)C)CC3)c3ccc(C#N)cc3)CC2)c2ccc(Cl)cc21.Cc1nccn1CC1=Cc2cccnc2[C@H](N2CCNCC2)c2ccc(Cl)cc21.Cl.Cl.OCC1CCNCC1. The van der Waals surface area contributed by atoms with Gasteiger partial charge < -0.3 is 54.2 Å². The molecule has 7 aromatic rings. The van der Waals surface area contributed by atoms with Crippen LogP contribution in [0.15, 0.2) is 122 Å². The van der Waals surface area contributed by atoms with Crippen LogP contribution in [0.2, 0.25) is 10.0 Å². The number of imidazole rings is 2. The van der Waals surface area contributed by atoms with E-state index in [0.717, 1.165) is 140 Å². The van der Waals surface area contributed by atoms with Gasteiger partial charge in [-0.2, -0.15) is 5.26 Å². The standard InChI is InChI=1S/C42H47ClN8O3.C23H24ClN5.C11H21NO3.C6H13NO.2ClH/c1-29-45-16-19-50(29)28-33-24-32-6-5-15-46-38(32)39(36-12-9-34(43)25-37(33)36)47-20-22-48(23-21-47)40(52)51(35-10-7-30(26-44)8-11-35)27-31-13-17-49(18-14-31)41(53)54-42(2,3)4;1-16-26-9-12-29(16)15-18-13-17-3-2-6-27-22(17)23(28-10-7-25-8-11-28)20-5-4-19(24)14-21(18)20;1-11(2,3)15-10(14)12-6-4-9(8-13)5-7-12;8-5-6-1-3-7-4-2-6;;/h5-12,15-16,19,24-25,31,39H,13-14,17-18,20-23,27-28H2,1-4H3;2-6,9,12-14,23,25H,7-8,10-11,15H2,1H3;9,13H,4-8H2,1-3H3;6-8H,1-5H2;2*1H/t39-;23-;;;;/m11..../s1. The van der Waals surface area contributed by atoms with Crippen molar-refractivity contribution in [2.24, 2.45) is 17.8 Å². The second-order valence-electron chi connectivity index (χ2n) is 30.5. The van der Waals surface area contributed by atoms with Crippen molar-refractivity contribution in [1.82, 2.24) is 64.2 Å². The van der Waals surface area contributed by atoms with Gasteiger partial charge in [0.05, 0.1) is 35.1 Å². The lowest BCUT2D eigenvalue weighted by molar-refractivity contribution is 0.0156. The molecule has 0 saturated carbocycles. The zero-order valence-corrected chi connectivity index (χ0v) is 66.7. The number of piperazine rings is 2. The smallest absolute Gasteiger partial charge is 0.410 e. The van der Waals surface area contributed by atoms with E-state index < -0.39 is 11.2 Å². The molecule has 5 fully saturated rings. The minimum absolute atomic E-state index is 0. The number of amides is 4. The van der Waals surface area contributed by atoms with E-state index in [9.17, 15) is 19.6 Å². The lowest BCUT2D eigenvalue weighted by Crippen LogP contribution is -2.55. The topological polar surface area (TPSA) is 239 Å². The van der Waals surface area contributed by atoms with Crippen molar-refractivity contribution in [1.29, 1.82) is 5.26 Å². The van der Waals surface area contributed by atoms with Crippen molar-refractivity contribution in [3.8, 4) is 6.07 Å². The minimum Gasteiger partial charge on any atom is -0.444 e. The summed E-state index contributed by atoms with van der Waals surface area (Å²) in [6.45, 7) is 28.9. The highest BCUT2D eigenvalue weighted by Gasteiger charge is 2.38. The number of carbonyl (C=O) groups is 3. The first-order chi connectivity index (χ1) is 51.0. The number of nitrogens with zero attached hydrogens (tertiary/aromatic N) is 13. The van der Waals surface area contributed by atoms with Gasteiger partial charge in [0, 0.05) is 164 Å². The van der Waals surface area contributed by atoms with Crippen molar-refractivity contribution in [3.05, 3.63) is 194 Å². The number of urea groups is 1. The van der Waals surface area contributed by atoms with Crippen LogP contribution in [0.5, 0.6) is 0 Å². The zero-order chi connectivity index (χ0) is 75.1. The number of allylic oxidation sites excluding steroid dienone is 2. The van der Waals surface area contributed by atoms with Crippen LogP contribution >= 0.6 is 48.0 Å². The summed E-state index contributed by atoms with van der Waals surface area (Å²) >= 11 is 13.1. The number of aromatic nitrogens is 6. The number of likely N-dealkylation sites (tertiary alicyclic amines) is 2. The molecule has 7 aliphatic rings. The van der Waals surface area contributed by atoms with Gasteiger partial charge in [0.15, 0.2) is 0 Å². The molecule has 2 aliphatic carbocycles. The van der Waals surface area contributed by atoms with Crippen molar-refractivity contribution in [2.45, 2.75) is 130 Å². The molecule has 5 aliphatic heterocycles. The molecule has 14 rings (SSSR count). The number of piperidine rings is 3. The van der Waals surface area contributed by atoms with Crippen molar-refractivity contribution in [3.63, 3.8) is 0 Å². The molecule has 5 saturated heterocycles. The molecule has 0 radical (unpaired) electrons. The highest BCUT2D eigenvalue weighted by Crippen LogP contribution is 2.43. The first-order valence-electron chi connectivity index (χ1n) is 37.5. The molecule has 22 nitrogen and oxygen atoms in total. The Bertz CT molecular complexity index is 4210. The van der Waals surface area contributed by atoms with Crippen LogP contribution in [0, 0.1) is 42.9 Å². The van der Waals surface area contributed by atoms with Gasteiger partial charge in [-0.3, -0.25) is 24.7 Å². The summed E-state index contributed by atoms with van der Waals surface area (Å²) in [5.74, 6) is 3.08. The number of ether oxygens (including phenoxy) is 2. The van der Waals surface area contributed by atoms with Crippen LogP contribution < -0.4 is 15.5 Å². The molecule has 0 bridgehead atoms. The number of fused-ring (bicyclic) bond motifs is 4. The highest BCUT2D eigenvalue weighted by atomic mass is 35.5. The van der Waals surface area contributed by atoms with E-state index >= 15 is 0 Å². The van der Waals surface area contributed by atoms with Gasteiger partial charge >= 0.3 is 18.2 Å². The number of aliphatic hydroxyl groups excluding tert-OH is 2. The Morgan fingerprint density at radius 2 is 0.981 bits per heavy atom. The number of anilines is 1. The van der Waals surface area contributed by atoms with Gasteiger partial charge in [-0.25, -0.2) is 24.4 Å². The summed E-state index contributed by atoms with van der Waals surface area (Å²) in [5, 5.41) is 35.2. The van der Waals surface area contributed by atoms with Crippen molar-refractivity contribution in [2.75, 3.05) is 116 Å². The molecule has 3 aromatic carbocycles. The maximum atomic E-state index is 14.5. The van der Waals surface area contributed by atoms with Gasteiger partial charge in [-0.15, -0.1) is 24.8 Å². The molecule has 2 atom stereocenters. The average molecular weight is 1560 g/mol. The maximum Gasteiger partial charge on any atom is 0.410 e. The van der Waals surface area contributed by atoms with Gasteiger partial charge in [0.1, 0.15) is 22.9 Å². The first kappa shape index (κ1) is 84.1. The third-order valence-corrected chi connectivity index (χ3v) is 21.2. The van der Waals surface area contributed by atoms with E-state index in [4.69, 9.17) is 52.9 Å². The fourth-order valence-electron chi connectivity index (χ4n) is 14.9. The Balaban J connectivity index is 0.000000205. The summed E-state index contributed by atoms with van der Waals surface area (Å²) in [5.41, 5.74) is 11.7. The summed E-state index contributed by atoms with van der Waals surface area (Å²) in [7, 11) is 0. The number of hydrogen-bond donors (Lipinski definition) is 4. The Kier molecular flexibility index (Phi) is 30.5. The number of carbonyl (C=O) groups excluding carboxylic acids is 3. The summed E-state index contributed by atoms with van der Waals surface area (Å²) < 4.78 is 15.2. The monoisotopic (exact) mass is 1550 g/mol. The second kappa shape index (κ2) is 39.1. The highest BCUT2D eigenvalue weighted by molar-refractivity contribution is 6.31. The molecular formula is C82H107Cl4N15O7.